The van der Waals surface area contributed by atoms with E-state index in [9.17, 15) is 0 Å². The first-order valence-electron chi connectivity index (χ1n) is 6.12. The molecule has 0 heterocycles. The summed E-state index contributed by atoms with van der Waals surface area (Å²) < 4.78 is 11.5. The SMILES string of the molecule is CCOCC(C)OC1(CCNC)CCC1. The van der Waals surface area contributed by atoms with Crippen LogP contribution in [0.2, 0.25) is 0 Å². The minimum absolute atomic E-state index is 0.152. The Bertz CT molecular complexity index is 169. The predicted octanol–water partition coefficient (Wildman–Crippen LogP) is 1.96. The summed E-state index contributed by atoms with van der Waals surface area (Å²) in [6, 6.07) is 0. The largest absolute Gasteiger partial charge is 0.379 e. The van der Waals surface area contributed by atoms with Gasteiger partial charge in [0.15, 0.2) is 0 Å². The van der Waals surface area contributed by atoms with Gasteiger partial charge in [0, 0.05) is 6.61 Å². The highest BCUT2D eigenvalue weighted by atomic mass is 16.5. The molecular formula is C12H25NO2. The molecule has 0 aromatic heterocycles. The Morgan fingerprint density at radius 2 is 2.13 bits per heavy atom. The monoisotopic (exact) mass is 215 g/mol. The van der Waals surface area contributed by atoms with Gasteiger partial charge in [-0.1, -0.05) is 0 Å². The summed E-state index contributed by atoms with van der Waals surface area (Å²) in [7, 11) is 2.00. The van der Waals surface area contributed by atoms with Crippen molar-refractivity contribution >= 4 is 0 Å². The summed E-state index contributed by atoms with van der Waals surface area (Å²) in [6.45, 7) is 6.66. The number of nitrogens with one attached hydrogen (secondary N) is 1. The number of hydrogen-bond acceptors (Lipinski definition) is 3. The highest BCUT2D eigenvalue weighted by Crippen LogP contribution is 2.39. The van der Waals surface area contributed by atoms with Crippen molar-refractivity contribution in [2.75, 3.05) is 26.8 Å². The van der Waals surface area contributed by atoms with Crippen LogP contribution in [0, 0.1) is 0 Å². The van der Waals surface area contributed by atoms with Crippen molar-refractivity contribution in [1.82, 2.24) is 5.32 Å². The van der Waals surface area contributed by atoms with E-state index in [-0.39, 0.29) is 11.7 Å². The second kappa shape index (κ2) is 6.46. The molecule has 0 radical (unpaired) electrons. The van der Waals surface area contributed by atoms with E-state index in [1.165, 1.54) is 19.3 Å². The maximum atomic E-state index is 6.11. The highest BCUT2D eigenvalue weighted by Gasteiger charge is 2.38. The molecule has 1 unspecified atom stereocenters. The van der Waals surface area contributed by atoms with Crippen molar-refractivity contribution < 1.29 is 9.47 Å². The fourth-order valence-corrected chi connectivity index (χ4v) is 2.10. The summed E-state index contributed by atoms with van der Waals surface area (Å²) in [5.41, 5.74) is 0.152. The van der Waals surface area contributed by atoms with Crippen LogP contribution in [0.1, 0.15) is 39.5 Å². The van der Waals surface area contributed by atoms with Crippen LogP contribution in [0.25, 0.3) is 0 Å². The molecule has 0 amide bonds. The van der Waals surface area contributed by atoms with Gasteiger partial charge in [-0.05, 0) is 53.1 Å². The molecule has 3 heteroatoms. The first-order valence-corrected chi connectivity index (χ1v) is 6.12. The molecule has 0 aromatic rings. The van der Waals surface area contributed by atoms with Gasteiger partial charge in [0.25, 0.3) is 0 Å². The maximum Gasteiger partial charge on any atom is 0.0787 e. The molecule has 1 saturated carbocycles. The fourth-order valence-electron chi connectivity index (χ4n) is 2.10. The Balaban J connectivity index is 2.25. The molecule has 3 nitrogen and oxygen atoms in total. The number of ether oxygens (including phenoxy) is 2. The Hall–Kier alpha value is -0.120. The molecule has 1 fully saturated rings. The Morgan fingerprint density at radius 1 is 1.40 bits per heavy atom. The summed E-state index contributed by atoms with van der Waals surface area (Å²) in [4.78, 5) is 0. The topological polar surface area (TPSA) is 30.5 Å². The van der Waals surface area contributed by atoms with E-state index < -0.39 is 0 Å². The van der Waals surface area contributed by atoms with E-state index in [0.717, 1.165) is 26.2 Å². The molecule has 15 heavy (non-hydrogen) atoms. The van der Waals surface area contributed by atoms with Crippen LogP contribution in [-0.4, -0.2) is 38.5 Å². The van der Waals surface area contributed by atoms with Crippen molar-refractivity contribution in [3.8, 4) is 0 Å². The zero-order valence-electron chi connectivity index (χ0n) is 10.3. The van der Waals surface area contributed by atoms with Gasteiger partial charge in [0.1, 0.15) is 0 Å². The molecule has 1 rings (SSSR count). The van der Waals surface area contributed by atoms with Crippen LogP contribution >= 0.6 is 0 Å². The third-order valence-corrected chi connectivity index (χ3v) is 3.10. The molecule has 1 aliphatic carbocycles. The molecule has 1 aliphatic rings. The minimum Gasteiger partial charge on any atom is -0.379 e. The number of hydrogen-bond donors (Lipinski definition) is 1. The minimum atomic E-state index is 0.152. The molecule has 0 aromatic carbocycles. The Labute approximate surface area is 93.5 Å². The molecule has 0 spiro atoms. The van der Waals surface area contributed by atoms with Gasteiger partial charge in [-0.2, -0.15) is 0 Å². The second-order valence-electron chi connectivity index (χ2n) is 4.48. The summed E-state index contributed by atoms with van der Waals surface area (Å²) in [5.74, 6) is 0. The zero-order valence-corrected chi connectivity index (χ0v) is 10.3. The van der Waals surface area contributed by atoms with Crippen molar-refractivity contribution in [2.45, 2.75) is 51.2 Å². The summed E-state index contributed by atoms with van der Waals surface area (Å²) in [6.07, 6.45) is 5.09. The average Bonchev–Trinajstić information content (AvgIpc) is 2.19. The van der Waals surface area contributed by atoms with Gasteiger partial charge in [0.05, 0.1) is 18.3 Å². The smallest absolute Gasteiger partial charge is 0.0787 e. The van der Waals surface area contributed by atoms with Gasteiger partial charge in [-0.25, -0.2) is 0 Å². The third kappa shape index (κ3) is 4.09. The Morgan fingerprint density at radius 3 is 2.60 bits per heavy atom. The fraction of sp³-hybridized carbons (Fsp3) is 1.00. The van der Waals surface area contributed by atoms with E-state index in [4.69, 9.17) is 9.47 Å². The molecule has 0 saturated heterocycles. The van der Waals surface area contributed by atoms with Crippen LogP contribution < -0.4 is 5.32 Å². The van der Waals surface area contributed by atoms with Crippen LogP contribution in [0.15, 0.2) is 0 Å². The molecule has 1 N–H and O–H groups in total. The van der Waals surface area contributed by atoms with E-state index in [2.05, 4.69) is 12.2 Å². The summed E-state index contributed by atoms with van der Waals surface area (Å²) >= 11 is 0. The average molecular weight is 215 g/mol. The van der Waals surface area contributed by atoms with Gasteiger partial charge in [-0.15, -0.1) is 0 Å². The first kappa shape index (κ1) is 12.9. The quantitative estimate of drug-likeness (QED) is 0.671. The standard InChI is InChI=1S/C12H25NO2/c1-4-14-10-11(2)15-12(6-5-7-12)8-9-13-3/h11,13H,4-10H2,1-3H3. The summed E-state index contributed by atoms with van der Waals surface area (Å²) in [5, 5.41) is 3.20. The van der Waals surface area contributed by atoms with E-state index in [1.54, 1.807) is 0 Å². The van der Waals surface area contributed by atoms with Gasteiger partial charge in [-0.3, -0.25) is 0 Å². The molecule has 1 atom stereocenters. The van der Waals surface area contributed by atoms with Crippen LogP contribution in [-0.2, 0) is 9.47 Å². The van der Waals surface area contributed by atoms with Crippen molar-refractivity contribution in [3.63, 3.8) is 0 Å². The Kier molecular flexibility index (Phi) is 5.58. The highest BCUT2D eigenvalue weighted by molar-refractivity contribution is 4.90. The van der Waals surface area contributed by atoms with E-state index in [1.807, 2.05) is 14.0 Å². The molecule has 90 valence electrons. The van der Waals surface area contributed by atoms with Crippen molar-refractivity contribution in [1.29, 1.82) is 0 Å². The lowest BCUT2D eigenvalue weighted by molar-refractivity contribution is -0.153. The van der Waals surface area contributed by atoms with Crippen molar-refractivity contribution in [2.24, 2.45) is 0 Å². The van der Waals surface area contributed by atoms with E-state index in [0.29, 0.717) is 0 Å². The lowest BCUT2D eigenvalue weighted by Gasteiger charge is -2.43. The van der Waals surface area contributed by atoms with Gasteiger partial charge < -0.3 is 14.8 Å². The lowest BCUT2D eigenvalue weighted by atomic mass is 9.77. The lowest BCUT2D eigenvalue weighted by Crippen LogP contribution is -2.45. The molecule has 0 aliphatic heterocycles. The van der Waals surface area contributed by atoms with Crippen molar-refractivity contribution in [3.05, 3.63) is 0 Å². The maximum absolute atomic E-state index is 6.11. The van der Waals surface area contributed by atoms with Gasteiger partial charge >= 0.3 is 0 Å². The molecule has 0 bridgehead atoms. The molecular weight excluding hydrogens is 190 g/mol. The van der Waals surface area contributed by atoms with E-state index >= 15 is 0 Å². The van der Waals surface area contributed by atoms with Gasteiger partial charge in [0.2, 0.25) is 0 Å². The van der Waals surface area contributed by atoms with Crippen LogP contribution in [0.4, 0.5) is 0 Å². The first-order chi connectivity index (χ1) is 7.22. The predicted molar refractivity (Wildman–Crippen MR) is 62.2 cm³/mol. The van der Waals surface area contributed by atoms with Crippen LogP contribution in [0.5, 0.6) is 0 Å². The third-order valence-electron chi connectivity index (χ3n) is 3.10. The zero-order chi connectivity index (χ0) is 11.1. The second-order valence-corrected chi connectivity index (χ2v) is 4.48. The normalized spacial score (nSPS) is 21.0. The van der Waals surface area contributed by atoms with Crippen LogP contribution in [0.3, 0.4) is 0 Å². The number of rotatable bonds is 8.